The number of nitrogens with one attached hydrogen (secondary N) is 3. The molecule has 3 rings (SSSR count). The zero-order valence-electron chi connectivity index (χ0n) is 16.4. The van der Waals surface area contributed by atoms with E-state index in [9.17, 15) is 13.2 Å². The van der Waals surface area contributed by atoms with Crippen LogP contribution in [0.3, 0.4) is 0 Å². The number of nitrogens with zero attached hydrogens (tertiary/aromatic N) is 2. The lowest BCUT2D eigenvalue weighted by molar-refractivity contribution is 0.262. The van der Waals surface area contributed by atoms with Crippen molar-refractivity contribution in [2.45, 2.75) is 4.90 Å². The van der Waals surface area contributed by atoms with Gasteiger partial charge >= 0.3 is 12.0 Å². The van der Waals surface area contributed by atoms with Crippen LogP contribution in [0.1, 0.15) is 0 Å². The van der Waals surface area contributed by atoms with E-state index in [0.717, 1.165) is 0 Å². The smallest absolute Gasteiger partial charge is 0.323 e. The molecule has 0 radical (unpaired) electrons. The lowest BCUT2D eigenvalue weighted by Gasteiger charge is -2.11. The van der Waals surface area contributed by atoms with Gasteiger partial charge in [0.25, 0.3) is 10.0 Å². The third kappa shape index (κ3) is 5.96. The van der Waals surface area contributed by atoms with Crippen LogP contribution >= 0.6 is 11.6 Å². The van der Waals surface area contributed by atoms with Gasteiger partial charge in [-0.2, -0.15) is 9.97 Å². The third-order valence-corrected chi connectivity index (χ3v) is 5.42. The number of benzene rings is 2. The molecule has 162 valence electrons. The van der Waals surface area contributed by atoms with Crippen LogP contribution in [0.2, 0.25) is 5.02 Å². The van der Waals surface area contributed by atoms with Crippen molar-refractivity contribution in [1.82, 2.24) is 9.97 Å². The molecule has 0 spiro atoms. The number of methoxy groups -OCH3 is 2. The maximum absolute atomic E-state index is 12.6. The van der Waals surface area contributed by atoms with Crippen molar-refractivity contribution in [3.05, 3.63) is 59.6 Å². The minimum Gasteiger partial charge on any atom is -0.481 e. The molecule has 3 N–H and O–H groups in total. The minimum atomic E-state index is -3.96. The highest BCUT2D eigenvalue weighted by Gasteiger charge is 2.17. The lowest BCUT2D eigenvalue weighted by atomic mass is 10.3. The van der Waals surface area contributed by atoms with Gasteiger partial charge in [0.05, 0.1) is 19.1 Å². The predicted octanol–water partition coefficient (Wildman–Crippen LogP) is 3.59. The number of halogens is 1. The number of hydrogen-bond acceptors (Lipinski definition) is 7. The van der Waals surface area contributed by atoms with E-state index in [1.807, 2.05) is 0 Å². The summed E-state index contributed by atoms with van der Waals surface area (Å²) in [6.07, 6.45) is 0. The zero-order valence-corrected chi connectivity index (χ0v) is 18.0. The molecule has 12 heteroatoms. The monoisotopic (exact) mass is 463 g/mol. The number of ether oxygens (including phenoxy) is 2. The Kier molecular flexibility index (Phi) is 6.78. The van der Waals surface area contributed by atoms with Gasteiger partial charge < -0.3 is 20.1 Å². The maximum atomic E-state index is 12.6. The second-order valence-corrected chi connectivity index (χ2v) is 8.12. The molecule has 1 heterocycles. The minimum absolute atomic E-state index is 0.0215. The molecule has 0 aliphatic heterocycles. The Morgan fingerprint density at radius 2 is 1.65 bits per heavy atom. The van der Waals surface area contributed by atoms with Gasteiger partial charge in [-0.15, -0.1) is 0 Å². The predicted molar refractivity (Wildman–Crippen MR) is 116 cm³/mol. The largest absolute Gasteiger partial charge is 0.481 e. The first-order valence-electron chi connectivity index (χ1n) is 8.72. The van der Waals surface area contributed by atoms with E-state index in [0.29, 0.717) is 16.4 Å². The van der Waals surface area contributed by atoms with E-state index < -0.39 is 16.1 Å². The molecule has 0 aliphatic rings. The van der Waals surface area contributed by atoms with Gasteiger partial charge in [0.15, 0.2) is 5.82 Å². The number of aromatic nitrogens is 2. The van der Waals surface area contributed by atoms with Gasteiger partial charge in [0.1, 0.15) is 0 Å². The highest BCUT2D eigenvalue weighted by atomic mass is 35.5. The van der Waals surface area contributed by atoms with Gasteiger partial charge in [-0.05, 0) is 42.5 Å². The quantitative estimate of drug-likeness (QED) is 0.487. The van der Waals surface area contributed by atoms with Crippen LogP contribution in [-0.2, 0) is 10.0 Å². The fourth-order valence-corrected chi connectivity index (χ4v) is 3.61. The van der Waals surface area contributed by atoms with Gasteiger partial charge in [0, 0.05) is 22.5 Å². The number of carbonyl (C=O) groups excluding carboxylic acids is 1. The van der Waals surface area contributed by atoms with Crippen molar-refractivity contribution in [3.8, 4) is 11.9 Å². The molecular weight excluding hydrogens is 446 g/mol. The molecule has 3 aromatic rings. The van der Waals surface area contributed by atoms with Crippen molar-refractivity contribution in [3.63, 3.8) is 0 Å². The van der Waals surface area contributed by atoms with Crippen molar-refractivity contribution in [1.29, 1.82) is 0 Å². The maximum Gasteiger partial charge on any atom is 0.323 e. The molecule has 0 saturated heterocycles. The van der Waals surface area contributed by atoms with Gasteiger partial charge in [0.2, 0.25) is 5.88 Å². The van der Waals surface area contributed by atoms with E-state index in [2.05, 4.69) is 25.3 Å². The molecule has 0 unspecified atom stereocenters. The Morgan fingerprint density at radius 3 is 2.29 bits per heavy atom. The molecule has 0 bridgehead atoms. The zero-order chi connectivity index (χ0) is 22.4. The Bertz CT molecular complexity index is 1170. The van der Waals surface area contributed by atoms with Crippen LogP contribution < -0.4 is 24.8 Å². The van der Waals surface area contributed by atoms with Gasteiger partial charge in [-0.3, -0.25) is 4.72 Å². The van der Waals surface area contributed by atoms with Crippen molar-refractivity contribution in [2.75, 3.05) is 29.6 Å². The summed E-state index contributed by atoms with van der Waals surface area (Å²) in [5.41, 5.74) is 0.910. The van der Waals surface area contributed by atoms with Crippen LogP contribution in [0, 0.1) is 0 Å². The molecule has 0 fully saturated rings. The molecule has 31 heavy (non-hydrogen) atoms. The fraction of sp³-hybridized carbons (Fsp3) is 0.105. The van der Waals surface area contributed by atoms with Gasteiger partial charge in [-0.25, -0.2) is 13.2 Å². The summed E-state index contributed by atoms with van der Waals surface area (Å²) >= 11 is 5.88. The van der Waals surface area contributed by atoms with Crippen LogP contribution in [0.4, 0.5) is 22.0 Å². The Balaban J connectivity index is 1.69. The highest BCUT2D eigenvalue weighted by molar-refractivity contribution is 7.92. The number of anilines is 3. The summed E-state index contributed by atoms with van der Waals surface area (Å²) < 4.78 is 37.5. The average molecular weight is 464 g/mol. The first-order valence-corrected chi connectivity index (χ1v) is 10.6. The van der Waals surface area contributed by atoms with E-state index in [1.165, 1.54) is 44.6 Å². The van der Waals surface area contributed by atoms with E-state index in [1.54, 1.807) is 24.3 Å². The van der Waals surface area contributed by atoms with Crippen molar-refractivity contribution in [2.24, 2.45) is 0 Å². The summed E-state index contributed by atoms with van der Waals surface area (Å²) in [5, 5.41) is 5.72. The second-order valence-electron chi connectivity index (χ2n) is 6.00. The van der Waals surface area contributed by atoms with Crippen LogP contribution in [0.5, 0.6) is 11.9 Å². The number of urea groups is 1. The molecule has 0 atom stereocenters. The molecule has 0 aliphatic carbocycles. The van der Waals surface area contributed by atoms with Crippen LogP contribution in [0.25, 0.3) is 0 Å². The Morgan fingerprint density at radius 1 is 0.935 bits per heavy atom. The first-order chi connectivity index (χ1) is 14.8. The van der Waals surface area contributed by atoms with Crippen LogP contribution in [0.15, 0.2) is 59.5 Å². The molecule has 1 aromatic heterocycles. The topological polar surface area (TPSA) is 132 Å². The Labute approximate surface area is 183 Å². The number of carbonyl (C=O) groups is 1. The molecule has 2 amide bonds. The van der Waals surface area contributed by atoms with Crippen molar-refractivity contribution >= 4 is 44.8 Å². The second kappa shape index (κ2) is 9.49. The normalized spacial score (nSPS) is 10.8. The van der Waals surface area contributed by atoms with Crippen molar-refractivity contribution < 1.29 is 22.7 Å². The molecular formula is C19H18ClN5O5S. The summed E-state index contributed by atoms with van der Waals surface area (Å²) in [4.78, 5) is 19.9. The van der Waals surface area contributed by atoms with Gasteiger partial charge in [-0.1, -0.05) is 17.7 Å². The average Bonchev–Trinajstić information content (AvgIpc) is 2.73. The van der Waals surface area contributed by atoms with E-state index in [4.69, 9.17) is 21.1 Å². The molecule has 10 nitrogen and oxygen atoms in total. The SMILES string of the molecule is COc1cc(NS(=O)(=O)c2ccc(NC(=O)Nc3cccc(Cl)c3)cc2)nc(OC)n1. The standard InChI is InChI=1S/C19H18ClN5O5S/c1-29-17-11-16(23-19(24-17)30-2)25-31(27,28)15-8-6-13(7-9-15)21-18(26)22-14-5-3-4-12(20)10-14/h3-11H,1-2H3,(H2,21,22,26)(H,23,24,25). The number of sulfonamides is 1. The number of hydrogen-bond donors (Lipinski definition) is 3. The molecule has 0 saturated carbocycles. The summed E-state index contributed by atoms with van der Waals surface area (Å²) in [6, 6.07) is 13.0. The fourth-order valence-electron chi connectivity index (χ4n) is 2.43. The van der Waals surface area contributed by atoms with E-state index in [-0.39, 0.29) is 22.6 Å². The summed E-state index contributed by atoms with van der Waals surface area (Å²) in [7, 11) is -1.22. The first kappa shape index (κ1) is 22.1. The Hall–Kier alpha value is -3.57. The summed E-state index contributed by atoms with van der Waals surface area (Å²) in [6.45, 7) is 0. The molecule has 2 aromatic carbocycles. The summed E-state index contributed by atoms with van der Waals surface area (Å²) in [5.74, 6) is 0.113. The number of amides is 2. The number of rotatable bonds is 7. The van der Waals surface area contributed by atoms with Crippen LogP contribution in [-0.4, -0.2) is 38.6 Å². The highest BCUT2D eigenvalue weighted by Crippen LogP contribution is 2.22. The van der Waals surface area contributed by atoms with E-state index >= 15 is 0 Å². The lowest BCUT2D eigenvalue weighted by Crippen LogP contribution is -2.19. The third-order valence-electron chi connectivity index (χ3n) is 3.82.